The van der Waals surface area contributed by atoms with Crippen molar-refractivity contribution in [2.45, 2.75) is 12.6 Å². The van der Waals surface area contributed by atoms with E-state index in [2.05, 4.69) is 0 Å². The van der Waals surface area contributed by atoms with Gasteiger partial charge in [0.1, 0.15) is 4.34 Å². The summed E-state index contributed by atoms with van der Waals surface area (Å²) in [5, 5.41) is 0. The molecular formula is C10H10Cl2F3NOS. The number of thiophene rings is 1. The fourth-order valence-electron chi connectivity index (χ4n) is 1.26. The van der Waals surface area contributed by atoms with E-state index < -0.39 is 12.6 Å². The van der Waals surface area contributed by atoms with Crippen LogP contribution in [0.5, 0.6) is 0 Å². The SMILES string of the molecule is CN(CCC(F)(F)F)CC(=O)c1cc(Cl)sc1Cl. The second-order valence-electron chi connectivity index (χ2n) is 3.76. The molecule has 0 aliphatic heterocycles. The zero-order valence-corrected chi connectivity index (χ0v) is 11.7. The second kappa shape index (κ2) is 6.23. The summed E-state index contributed by atoms with van der Waals surface area (Å²) in [5.74, 6) is -0.340. The standard InChI is InChI=1S/C10H10Cl2F3NOS/c1-16(3-2-10(13,14)15)5-7(17)6-4-8(11)18-9(6)12/h4H,2-3,5H2,1H3. The minimum atomic E-state index is -4.22. The fraction of sp³-hybridized carbons (Fsp3) is 0.500. The number of Topliss-reactive ketones (excluding diaryl/α,β-unsaturated/α-hetero) is 1. The van der Waals surface area contributed by atoms with Crippen LogP contribution in [-0.2, 0) is 0 Å². The van der Waals surface area contributed by atoms with Crippen LogP contribution in [0, 0.1) is 0 Å². The molecule has 1 aromatic rings. The smallest absolute Gasteiger partial charge is 0.299 e. The first-order valence-corrected chi connectivity index (χ1v) is 6.49. The Bertz CT molecular complexity index is 433. The number of halogens is 5. The molecule has 0 amide bonds. The Hall–Kier alpha value is -0.300. The average Bonchev–Trinajstić information content (AvgIpc) is 2.54. The quantitative estimate of drug-likeness (QED) is 0.761. The average molecular weight is 320 g/mol. The van der Waals surface area contributed by atoms with E-state index >= 15 is 0 Å². The highest BCUT2D eigenvalue weighted by Gasteiger charge is 2.27. The lowest BCUT2D eigenvalue weighted by Gasteiger charge is -2.16. The Labute approximate surface area is 116 Å². The van der Waals surface area contributed by atoms with Gasteiger partial charge in [-0.3, -0.25) is 9.69 Å². The minimum Gasteiger partial charge on any atom is -0.299 e. The van der Waals surface area contributed by atoms with Crippen molar-refractivity contribution in [1.29, 1.82) is 0 Å². The lowest BCUT2D eigenvalue weighted by molar-refractivity contribution is -0.137. The van der Waals surface area contributed by atoms with Crippen molar-refractivity contribution >= 4 is 40.3 Å². The molecule has 18 heavy (non-hydrogen) atoms. The summed E-state index contributed by atoms with van der Waals surface area (Å²) in [6.45, 7) is -0.354. The van der Waals surface area contributed by atoms with E-state index in [0.29, 0.717) is 4.34 Å². The highest BCUT2D eigenvalue weighted by atomic mass is 35.5. The maximum absolute atomic E-state index is 12.0. The Morgan fingerprint density at radius 1 is 1.44 bits per heavy atom. The maximum atomic E-state index is 12.0. The van der Waals surface area contributed by atoms with Crippen molar-refractivity contribution in [2.75, 3.05) is 20.1 Å². The van der Waals surface area contributed by atoms with Crippen LogP contribution >= 0.6 is 34.5 Å². The van der Waals surface area contributed by atoms with Crippen LogP contribution in [0.3, 0.4) is 0 Å². The lowest BCUT2D eigenvalue weighted by Crippen LogP contribution is -2.29. The van der Waals surface area contributed by atoms with Crippen molar-refractivity contribution in [2.24, 2.45) is 0 Å². The molecule has 0 aromatic carbocycles. The van der Waals surface area contributed by atoms with Gasteiger partial charge in [-0.05, 0) is 13.1 Å². The second-order valence-corrected chi connectivity index (χ2v) is 6.05. The number of alkyl halides is 3. The van der Waals surface area contributed by atoms with E-state index in [4.69, 9.17) is 23.2 Å². The van der Waals surface area contributed by atoms with Crippen molar-refractivity contribution < 1.29 is 18.0 Å². The summed E-state index contributed by atoms with van der Waals surface area (Å²) < 4.78 is 36.6. The summed E-state index contributed by atoms with van der Waals surface area (Å²) in [6, 6.07) is 1.43. The van der Waals surface area contributed by atoms with Crippen LogP contribution in [-0.4, -0.2) is 37.0 Å². The molecule has 0 atom stereocenters. The van der Waals surface area contributed by atoms with Crippen LogP contribution in [0.1, 0.15) is 16.8 Å². The molecule has 8 heteroatoms. The van der Waals surface area contributed by atoms with E-state index in [1.54, 1.807) is 0 Å². The van der Waals surface area contributed by atoms with E-state index in [1.807, 2.05) is 0 Å². The molecule has 0 unspecified atom stereocenters. The molecule has 2 nitrogen and oxygen atoms in total. The molecule has 1 rings (SSSR count). The van der Waals surface area contributed by atoms with Crippen molar-refractivity contribution in [3.63, 3.8) is 0 Å². The number of carbonyl (C=O) groups is 1. The zero-order valence-electron chi connectivity index (χ0n) is 9.35. The first-order chi connectivity index (χ1) is 8.19. The van der Waals surface area contributed by atoms with Gasteiger partial charge in [0, 0.05) is 6.54 Å². The number of nitrogens with zero attached hydrogens (tertiary/aromatic N) is 1. The molecule has 1 aromatic heterocycles. The van der Waals surface area contributed by atoms with Crippen LogP contribution in [0.25, 0.3) is 0 Å². The fourth-order valence-corrected chi connectivity index (χ4v) is 2.76. The van der Waals surface area contributed by atoms with E-state index in [0.717, 1.165) is 11.3 Å². The molecule has 0 fully saturated rings. The normalized spacial score (nSPS) is 12.2. The number of rotatable bonds is 5. The molecule has 1 heterocycles. The minimum absolute atomic E-state index is 0.122. The largest absolute Gasteiger partial charge is 0.390 e. The van der Waals surface area contributed by atoms with Gasteiger partial charge in [-0.25, -0.2) is 0 Å². The lowest BCUT2D eigenvalue weighted by atomic mass is 10.2. The summed E-state index contributed by atoms with van der Waals surface area (Å²) >= 11 is 12.5. The number of hydrogen-bond donors (Lipinski definition) is 0. The van der Waals surface area contributed by atoms with E-state index in [-0.39, 0.29) is 28.8 Å². The van der Waals surface area contributed by atoms with Crippen LogP contribution in [0.15, 0.2) is 6.07 Å². The monoisotopic (exact) mass is 319 g/mol. The first-order valence-electron chi connectivity index (χ1n) is 4.92. The Morgan fingerprint density at radius 3 is 2.50 bits per heavy atom. The van der Waals surface area contributed by atoms with Gasteiger partial charge >= 0.3 is 6.18 Å². The summed E-state index contributed by atoms with van der Waals surface area (Å²) in [6.07, 6.45) is -5.17. The summed E-state index contributed by atoms with van der Waals surface area (Å²) in [7, 11) is 1.45. The molecule has 102 valence electrons. The molecule has 0 aliphatic rings. The van der Waals surface area contributed by atoms with Gasteiger partial charge in [-0.2, -0.15) is 13.2 Å². The molecule has 0 N–H and O–H groups in total. The highest BCUT2D eigenvalue weighted by Crippen LogP contribution is 2.31. The highest BCUT2D eigenvalue weighted by molar-refractivity contribution is 7.20. The molecule has 0 bridgehead atoms. The predicted octanol–water partition coefficient (Wildman–Crippen LogP) is 4.12. The first kappa shape index (κ1) is 15.8. The van der Waals surface area contributed by atoms with Gasteiger partial charge in [-0.1, -0.05) is 23.2 Å². The number of ketones is 1. The van der Waals surface area contributed by atoms with Crippen molar-refractivity contribution in [3.8, 4) is 0 Å². The van der Waals surface area contributed by atoms with Gasteiger partial charge < -0.3 is 0 Å². The van der Waals surface area contributed by atoms with Crippen molar-refractivity contribution in [1.82, 2.24) is 4.90 Å². The molecule has 0 aliphatic carbocycles. The topological polar surface area (TPSA) is 20.3 Å². The van der Waals surface area contributed by atoms with E-state index in [9.17, 15) is 18.0 Å². The van der Waals surface area contributed by atoms with Gasteiger partial charge in [0.2, 0.25) is 0 Å². The zero-order chi connectivity index (χ0) is 13.9. The molecule has 0 saturated heterocycles. The summed E-state index contributed by atoms with van der Waals surface area (Å²) in [4.78, 5) is 13.1. The number of hydrogen-bond acceptors (Lipinski definition) is 3. The van der Waals surface area contributed by atoms with E-state index in [1.165, 1.54) is 18.0 Å². The molecule has 0 spiro atoms. The molecule has 0 radical (unpaired) electrons. The van der Waals surface area contributed by atoms with Gasteiger partial charge in [0.15, 0.2) is 5.78 Å². The Kier molecular flexibility index (Phi) is 5.46. The van der Waals surface area contributed by atoms with Gasteiger partial charge in [0.05, 0.1) is 22.9 Å². The maximum Gasteiger partial charge on any atom is 0.390 e. The third-order valence-electron chi connectivity index (χ3n) is 2.15. The summed E-state index contributed by atoms with van der Waals surface area (Å²) in [5.41, 5.74) is 0.255. The van der Waals surface area contributed by atoms with Gasteiger partial charge in [-0.15, -0.1) is 11.3 Å². The predicted molar refractivity (Wildman–Crippen MR) is 66.8 cm³/mol. The Balaban J connectivity index is 2.52. The van der Waals surface area contributed by atoms with Crippen LogP contribution < -0.4 is 0 Å². The number of carbonyl (C=O) groups excluding carboxylic acids is 1. The molecule has 0 saturated carbocycles. The van der Waals surface area contributed by atoms with Crippen molar-refractivity contribution in [3.05, 3.63) is 20.3 Å². The molecular weight excluding hydrogens is 310 g/mol. The van der Waals surface area contributed by atoms with Crippen LogP contribution in [0.4, 0.5) is 13.2 Å². The third kappa shape index (κ3) is 5.14. The van der Waals surface area contributed by atoms with Gasteiger partial charge in [0.25, 0.3) is 0 Å². The number of likely N-dealkylation sites (N-methyl/N-ethyl adjacent to an activating group) is 1. The third-order valence-corrected chi connectivity index (χ3v) is 3.64. The van der Waals surface area contributed by atoms with Crippen LogP contribution in [0.2, 0.25) is 8.67 Å². The Morgan fingerprint density at radius 2 is 2.06 bits per heavy atom.